The molecule has 24 heavy (non-hydrogen) atoms. The van der Waals surface area contributed by atoms with Crippen LogP contribution < -0.4 is 0 Å². The first kappa shape index (κ1) is 16.6. The molecule has 1 amide bonds. The van der Waals surface area contributed by atoms with Crippen molar-refractivity contribution in [2.24, 2.45) is 0 Å². The number of carbonyl (C=O) groups is 1. The van der Waals surface area contributed by atoms with Gasteiger partial charge in [0.2, 0.25) is 0 Å². The first-order chi connectivity index (χ1) is 11.5. The highest BCUT2D eigenvalue weighted by molar-refractivity contribution is 7.89. The smallest absolute Gasteiger partial charge is 0.307 e. The van der Waals surface area contributed by atoms with Gasteiger partial charge in [0.1, 0.15) is 4.21 Å². The Bertz CT molecular complexity index is 885. The van der Waals surface area contributed by atoms with E-state index < -0.39 is 16.2 Å². The summed E-state index contributed by atoms with van der Waals surface area (Å²) < 4.78 is 29.4. The Morgan fingerprint density at radius 2 is 2.17 bits per heavy atom. The zero-order chi connectivity index (χ0) is 17.2. The normalized spacial score (nSPS) is 17.9. The molecule has 1 aromatic heterocycles. The van der Waals surface area contributed by atoms with Gasteiger partial charge in [0, 0.05) is 19.5 Å². The number of nitriles is 1. The second kappa shape index (κ2) is 6.73. The van der Waals surface area contributed by atoms with Crippen LogP contribution in [0.15, 0.2) is 46.0 Å². The Hall–Kier alpha value is -2.21. The van der Waals surface area contributed by atoms with Gasteiger partial charge in [0.05, 0.1) is 11.6 Å². The third-order valence-electron chi connectivity index (χ3n) is 3.66. The van der Waals surface area contributed by atoms with Gasteiger partial charge >= 0.3 is 10.1 Å². The average molecular weight is 362 g/mol. The third kappa shape index (κ3) is 3.48. The van der Waals surface area contributed by atoms with E-state index in [1.165, 1.54) is 6.07 Å². The maximum atomic E-state index is 12.4. The fraction of sp³-hybridized carbons (Fsp3) is 0.250. The molecule has 1 atom stereocenters. The van der Waals surface area contributed by atoms with Crippen LogP contribution >= 0.6 is 11.3 Å². The molecule has 6 nitrogen and oxygen atoms in total. The summed E-state index contributed by atoms with van der Waals surface area (Å²) >= 11 is 1.05. The lowest BCUT2D eigenvalue weighted by Crippen LogP contribution is -2.31. The molecule has 1 fully saturated rings. The van der Waals surface area contributed by atoms with Crippen molar-refractivity contribution in [2.45, 2.75) is 23.3 Å². The first-order valence-electron chi connectivity index (χ1n) is 7.24. The van der Waals surface area contributed by atoms with Gasteiger partial charge in [-0.05, 0) is 29.1 Å². The van der Waals surface area contributed by atoms with Crippen LogP contribution in [-0.4, -0.2) is 31.9 Å². The monoisotopic (exact) mass is 362 g/mol. The lowest BCUT2D eigenvalue weighted by Gasteiger charge is -2.16. The maximum Gasteiger partial charge on any atom is 0.307 e. The lowest BCUT2D eigenvalue weighted by molar-refractivity contribution is -0.133. The number of benzene rings is 1. The average Bonchev–Trinajstić information content (AvgIpc) is 3.21. The van der Waals surface area contributed by atoms with Gasteiger partial charge in [-0.25, -0.2) is 0 Å². The van der Waals surface area contributed by atoms with Crippen molar-refractivity contribution >= 4 is 27.4 Å². The number of hydrogen-bond donors (Lipinski definition) is 0. The van der Waals surface area contributed by atoms with Crippen molar-refractivity contribution in [2.75, 3.05) is 6.54 Å². The van der Waals surface area contributed by atoms with E-state index in [0.717, 1.165) is 16.9 Å². The molecule has 3 rings (SSSR count). The minimum absolute atomic E-state index is 0.0930. The summed E-state index contributed by atoms with van der Waals surface area (Å²) in [7, 11) is -3.91. The van der Waals surface area contributed by atoms with Crippen LogP contribution in [0.2, 0.25) is 0 Å². The molecule has 1 unspecified atom stereocenters. The van der Waals surface area contributed by atoms with Crippen molar-refractivity contribution < 1.29 is 17.4 Å². The summed E-state index contributed by atoms with van der Waals surface area (Å²) in [4.78, 5) is 13.9. The van der Waals surface area contributed by atoms with E-state index in [0.29, 0.717) is 25.1 Å². The van der Waals surface area contributed by atoms with Crippen molar-refractivity contribution in [3.8, 4) is 6.07 Å². The summed E-state index contributed by atoms with van der Waals surface area (Å²) in [6.07, 6.45) is -0.669. The standard InChI is InChI=1S/C16H14N2O4S2/c17-10-12-3-1-4-13(9-12)11-18-7-6-14(16(18)19)22-24(20,21)15-5-2-8-23-15/h1-5,8-9,14H,6-7,11H2. The summed E-state index contributed by atoms with van der Waals surface area (Å²) in [6, 6.07) is 12.1. The molecule has 0 bridgehead atoms. The van der Waals surface area contributed by atoms with Gasteiger partial charge in [0.25, 0.3) is 5.91 Å². The number of amides is 1. The van der Waals surface area contributed by atoms with Crippen LogP contribution in [0.3, 0.4) is 0 Å². The number of rotatable bonds is 5. The molecule has 2 aromatic rings. The molecular weight excluding hydrogens is 348 g/mol. The largest absolute Gasteiger partial charge is 0.336 e. The first-order valence-corrected chi connectivity index (χ1v) is 9.53. The highest BCUT2D eigenvalue weighted by Crippen LogP contribution is 2.25. The molecule has 124 valence electrons. The molecule has 0 radical (unpaired) electrons. The van der Waals surface area contributed by atoms with Gasteiger partial charge in [-0.3, -0.25) is 8.98 Å². The Morgan fingerprint density at radius 3 is 2.88 bits per heavy atom. The van der Waals surface area contributed by atoms with E-state index in [1.54, 1.807) is 34.5 Å². The van der Waals surface area contributed by atoms with Gasteiger partial charge in [-0.2, -0.15) is 13.7 Å². The molecule has 1 aliphatic rings. The maximum absolute atomic E-state index is 12.4. The molecule has 2 heterocycles. The number of likely N-dealkylation sites (tertiary alicyclic amines) is 1. The Morgan fingerprint density at radius 1 is 1.33 bits per heavy atom. The number of carbonyl (C=O) groups excluding carboxylic acids is 1. The minimum Gasteiger partial charge on any atom is -0.336 e. The van der Waals surface area contributed by atoms with E-state index >= 15 is 0 Å². The topological polar surface area (TPSA) is 87.5 Å². The molecule has 0 aliphatic carbocycles. The molecule has 1 aromatic carbocycles. The highest BCUT2D eigenvalue weighted by Gasteiger charge is 2.36. The van der Waals surface area contributed by atoms with Gasteiger partial charge in [0.15, 0.2) is 6.10 Å². The predicted octanol–water partition coefficient (Wildman–Crippen LogP) is 2.13. The van der Waals surface area contributed by atoms with Crippen LogP contribution in [0, 0.1) is 11.3 Å². The number of hydrogen-bond acceptors (Lipinski definition) is 6. The molecule has 0 spiro atoms. The van der Waals surface area contributed by atoms with Gasteiger partial charge in [-0.1, -0.05) is 18.2 Å². The van der Waals surface area contributed by atoms with Crippen LogP contribution in [0.5, 0.6) is 0 Å². The van der Waals surface area contributed by atoms with Crippen LogP contribution in [0.25, 0.3) is 0 Å². The fourth-order valence-electron chi connectivity index (χ4n) is 2.52. The summed E-state index contributed by atoms with van der Waals surface area (Å²) in [5, 5.41) is 10.6. The number of nitrogens with zero attached hydrogens (tertiary/aromatic N) is 2. The quantitative estimate of drug-likeness (QED) is 0.761. The van der Waals surface area contributed by atoms with E-state index in [2.05, 4.69) is 6.07 Å². The molecule has 0 N–H and O–H groups in total. The molecule has 8 heteroatoms. The Balaban J connectivity index is 1.68. The molecule has 1 aliphatic heterocycles. The van der Waals surface area contributed by atoms with E-state index in [4.69, 9.17) is 9.44 Å². The zero-order valence-electron chi connectivity index (χ0n) is 12.6. The minimum atomic E-state index is -3.91. The third-order valence-corrected chi connectivity index (χ3v) is 6.34. The number of thiophene rings is 1. The second-order valence-electron chi connectivity index (χ2n) is 5.33. The molecule has 0 saturated carbocycles. The SMILES string of the molecule is N#Cc1cccc(CN2CCC(OS(=O)(=O)c3cccs3)C2=O)c1. The van der Waals surface area contributed by atoms with Crippen LogP contribution in [0.1, 0.15) is 17.5 Å². The van der Waals surface area contributed by atoms with Crippen LogP contribution in [0.4, 0.5) is 0 Å². The zero-order valence-corrected chi connectivity index (χ0v) is 14.2. The summed E-state index contributed by atoms with van der Waals surface area (Å²) in [5.41, 5.74) is 1.34. The van der Waals surface area contributed by atoms with E-state index in [-0.39, 0.29) is 10.1 Å². The summed E-state index contributed by atoms with van der Waals surface area (Å²) in [5.74, 6) is -0.350. The highest BCUT2D eigenvalue weighted by atomic mass is 32.3. The van der Waals surface area contributed by atoms with Gasteiger partial charge < -0.3 is 4.90 Å². The Kier molecular flexibility index (Phi) is 4.66. The van der Waals surface area contributed by atoms with Crippen molar-refractivity contribution in [3.63, 3.8) is 0 Å². The summed E-state index contributed by atoms with van der Waals surface area (Å²) in [6.45, 7) is 0.744. The fourth-order valence-corrected chi connectivity index (χ4v) is 4.55. The van der Waals surface area contributed by atoms with Crippen molar-refractivity contribution in [1.82, 2.24) is 4.90 Å². The second-order valence-corrected chi connectivity index (χ2v) is 8.08. The van der Waals surface area contributed by atoms with E-state index in [1.807, 2.05) is 6.07 Å². The Labute approximate surface area is 144 Å². The van der Waals surface area contributed by atoms with E-state index in [9.17, 15) is 13.2 Å². The molecule has 1 saturated heterocycles. The lowest BCUT2D eigenvalue weighted by atomic mass is 10.1. The van der Waals surface area contributed by atoms with Gasteiger partial charge in [-0.15, -0.1) is 11.3 Å². The van der Waals surface area contributed by atoms with Crippen LogP contribution in [-0.2, 0) is 25.6 Å². The molecular formula is C16H14N2O4S2. The predicted molar refractivity (Wildman–Crippen MR) is 87.6 cm³/mol. The van der Waals surface area contributed by atoms with Crippen molar-refractivity contribution in [3.05, 3.63) is 52.9 Å². The van der Waals surface area contributed by atoms with Crippen molar-refractivity contribution in [1.29, 1.82) is 5.26 Å².